The highest BCUT2D eigenvalue weighted by molar-refractivity contribution is 5.93. The Morgan fingerprint density at radius 3 is 2.37 bits per heavy atom. The van der Waals surface area contributed by atoms with Gasteiger partial charge in [-0.05, 0) is 52.1 Å². The van der Waals surface area contributed by atoms with Gasteiger partial charge in [0.1, 0.15) is 5.69 Å². The third-order valence-electron chi connectivity index (χ3n) is 7.05. The lowest BCUT2D eigenvalue weighted by atomic mass is 10.0. The van der Waals surface area contributed by atoms with Crippen LogP contribution in [-0.4, -0.2) is 64.2 Å². The van der Waals surface area contributed by atoms with Crippen molar-refractivity contribution in [2.75, 3.05) is 0 Å². The Hall–Kier alpha value is -5.36. The zero-order chi connectivity index (χ0) is 30.3. The van der Waals surface area contributed by atoms with Crippen molar-refractivity contribution in [1.29, 1.82) is 0 Å². The Morgan fingerprint density at radius 2 is 1.70 bits per heavy atom. The SMILES string of the molecule is CCCc1cc(C(=O)N[C@H](Cc2ccccc2)[C@@H](O)C(=O)O)nn1Cc1ccc(-c2ccccc2-n2nn[nH]c2=O)cc1. The number of carboxylic acid groups (broad SMARTS) is 1. The highest BCUT2D eigenvalue weighted by atomic mass is 16.4. The zero-order valence-electron chi connectivity index (χ0n) is 23.4. The second kappa shape index (κ2) is 13.1. The summed E-state index contributed by atoms with van der Waals surface area (Å²) in [5.41, 5.74) is 4.57. The largest absolute Gasteiger partial charge is 0.479 e. The molecule has 0 aliphatic rings. The van der Waals surface area contributed by atoms with Crippen LogP contribution in [0.5, 0.6) is 0 Å². The second-order valence-corrected chi connectivity index (χ2v) is 10.1. The first-order chi connectivity index (χ1) is 20.8. The number of para-hydroxylation sites is 1. The predicted octanol–water partition coefficient (Wildman–Crippen LogP) is 2.61. The number of carbonyl (C=O) groups is 2. The Kier molecular flexibility index (Phi) is 8.87. The van der Waals surface area contributed by atoms with E-state index in [2.05, 4.69) is 25.9 Å². The maximum absolute atomic E-state index is 13.2. The number of aliphatic hydroxyl groups excluding tert-OH is 1. The average Bonchev–Trinajstić information content (AvgIpc) is 3.63. The zero-order valence-corrected chi connectivity index (χ0v) is 23.4. The maximum Gasteiger partial charge on any atom is 0.365 e. The number of aromatic amines is 1. The lowest BCUT2D eigenvalue weighted by molar-refractivity contribution is -0.148. The minimum absolute atomic E-state index is 0.141. The van der Waals surface area contributed by atoms with Gasteiger partial charge in [-0.2, -0.15) is 9.78 Å². The fourth-order valence-corrected chi connectivity index (χ4v) is 4.91. The van der Waals surface area contributed by atoms with Crippen LogP contribution < -0.4 is 11.0 Å². The third-order valence-corrected chi connectivity index (χ3v) is 7.05. The van der Waals surface area contributed by atoms with Crippen molar-refractivity contribution < 1.29 is 19.8 Å². The summed E-state index contributed by atoms with van der Waals surface area (Å²) >= 11 is 0. The third kappa shape index (κ3) is 6.76. The molecule has 0 aliphatic carbocycles. The summed E-state index contributed by atoms with van der Waals surface area (Å²) in [4.78, 5) is 36.9. The topological polar surface area (TPSA) is 168 Å². The molecule has 4 N–H and O–H groups in total. The van der Waals surface area contributed by atoms with Crippen LogP contribution in [0.4, 0.5) is 0 Å². The van der Waals surface area contributed by atoms with E-state index in [-0.39, 0.29) is 12.1 Å². The van der Waals surface area contributed by atoms with Crippen LogP contribution in [0.25, 0.3) is 16.8 Å². The number of benzene rings is 3. The number of nitrogens with zero attached hydrogens (tertiary/aromatic N) is 5. The smallest absolute Gasteiger partial charge is 0.365 e. The number of carboxylic acids is 1. The summed E-state index contributed by atoms with van der Waals surface area (Å²) < 4.78 is 2.96. The molecule has 0 spiro atoms. The predicted molar refractivity (Wildman–Crippen MR) is 158 cm³/mol. The van der Waals surface area contributed by atoms with Crippen LogP contribution in [-0.2, 0) is 24.2 Å². The van der Waals surface area contributed by atoms with E-state index < -0.39 is 29.7 Å². The molecule has 0 aliphatic heterocycles. The standard InChI is InChI=1S/C31H31N7O5/c1-2-8-23-18-26(29(40)32-25(28(39)30(41)42)17-20-9-4-3-5-10-20)34-37(23)19-21-13-15-22(16-14-21)24-11-6-7-12-27(24)38-31(43)33-35-36-38/h3-7,9-16,18,25,28,39H,2,8,17,19H2,1H3,(H,32,40)(H,41,42)(H,33,36,43)/t25-,28-/m1/s1. The Bertz CT molecular complexity index is 1760. The Labute approximate surface area is 246 Å². The summed E-state index contributed by atoms with van der Waals surface area (Å²) in [6.07, 6.45) is -0.127. The highest BCUT2D eigenvalue weighted by Gasteiger charge is 2.29. The molecule has 220 valence electrons. The summed E-state index contributed by atoms with van der Waals surface area (Å²) in [5.74, 6) is -1.98. The van der Waals surface area contributed by atoms with Gasteiger partial charge in [0.25, 0.3) is 5.91 Å². The van der Waals surface area contributed by atoms with E-state index in [0.717, 1.165) is 34.4 Å². The van der Waals surface area contributed by atoms with E-state index in [1.165, 1.54) is 4.68 Å². The van der Waals surface area contributed by atoms with Gasteiger partial charge in [-0.3, -0.25) is 9.48 Å². The van der Waals surface area contributed by atoms with Gasteiger partial charge in [-0.1, -0.05) is 86.1 Å². The van der Waals surface area contributed by atoms with Crippen LogP contribution in [0.3, 0.4) is 0 Å². The van der Waals surface area contributed by atoms with Gasteiger partial charge in [0.2, 0.25) is 0 Å². The minimum Gasteiger partial charge on any atom is -0.479 e. The lowest BCUT2D eigenvalue weighted by Crippen LogP contribution is -2.48. The fraction of sp³-hybridized carbons (Fsp3) is 0.226. The molecule has 2 aromatic heterocycles. The van der Waals surface area contributed by atoms with Gasteiger partial charge in [0.05, 0.1) is 18.3 Å². The van der Waals surface area contributed by atoms with Crippen molar-refractivity contribution in [3.05, 3.63) is 118 Å². The number of aliphatic hydroxyl groups is 1. The van der Waals surface area contributed by atoms with Crippen molar-refractivity contribution in [1.82, 2.24) is 35.3 Å². The molecular weight excluding hydrogens is 550 g/mol. The average molecular weight is 582 g/mol. The number of amides is 1. The van der Waals surface area contributed by atoms with E-state index in [0.29, 0.717) is 18.7 Å². The highest BCUT2D eigenvalue weighted by Crippen LogP contribution is 2.26. The van der Waals surface area contributed by atoms with Gasteiger partial charge in [0.15, 0.2) is 6.10 Å². The van der Waals surface area contributed by atoms with Crippen LogP contribution >= 0.6 is 0 Å². The van der Waals surface area contributed by atoms with E-state index in [1.807, 2.05) is 67.6 Å². The molecule has 0 radical (unpaired) electrons. The van der Waals surface area contributed by atoms with E-state index in [4.69, 9.17) is 0 Å². The fourth-order valence-electron chi connectivity index (χ4n) is 4.91. The number of aryl methyl sites for hydroxylation is 1. The van der Waals surface area contributed by atoms with Gasteiger partial charge in [0, 0.05) is 11.3 Å². The molecule has 0 saturated heterocycles. The first-order valence-corrected chi connectivity index (χ1v) is 13.9. The van der Waals surface area contributed by atoms with Gasteiger partial charge in [-0.15, -0.1) is 0 Å². The maximum atomic E-state index is 13.2. The quantitative estimate of drug-likeness (QED) is 0.174. The summed E-state index contributed by atoms with van der Waals surface area (Å²) in [6, 6.07) is 24.9. The number of carbonyl (C=O) groups excluding carboxylic acids is 1. The molecule has 3 aromatic carbocycles. The van der Waals surface area contributed by atoms with Crippen molar-refractivity contribution in [3.63, 3.8) is 0 Å². The van der Waals surface area contributed by atoms with Crippen molar-refractivity contribution in [3.8, 4) is 16.8 Å². The van der Waals surface area contributed by atoms with Crippen LogP contribution in [0.15, 0.2) is 89.7 Å². The monoisotopic (exact) mass is 581 g/mol. The number of rotatable bonds is 12. The van der Waals surface area contributed by atoms with E-state index >= 15 is 0 Å². The lowest BCUT2D eigenvalue weighted by Gasteiger charge is -2.21. The first-order valence-electron chi connectivity index (χ1n) is 13.9. The number of tetrazole rings is 1. The molecule has 12 nitrogen and oxygen atoms in total. The molecule has 12 heteroatoms. The molecule has 0 fully saturated rings. The molecule has 0 saturated carbocycles. The number of nitrogens with one attached hydrogen (secondary N) is 2. The number of H-pyrrole nitrogens is 1. The molecule has 5 aromatic rings. The molecule has 0 bridgehead atoms. The van der Waals surface area contributed by atoms with Gasteiger partial charge >= 0.3 is 11.7 Å². The van der Waals surface area contributed by atoms with Gasteiger partial charge in [-0.25, -0.2) is 14.7 Å². The van der Waals surface area contributed by atoms with Crippen molar-refractivity contribution in [2.24, 2.45) is 0 Å². The molecule has 43 heavy (non-hydrogen) atoms. The van der Waals surface area contributed by atoms with Crippen molar-refractivity contribution in [2.45, 2.75) is 44.9 Å². The first kappa shape index (κ1) is 29.1. The number of aromatic nitrogens is 6. The molecule has 2 atom stereocenters. The van der Waals surface area contributed by atoms with Crippen LogP contribution in [0.2, 0.25) is 0 Å². The molecular formula is C31H31N7O5. The summed E-state index contributed by atoms with van der Waals surface area (Å²) in [7, 11) is 0. The molecule has 5 rings (SSSR count). The second-order valence-electron chi connectivity index (χ2n) is 10.1. The minimum atomic E-state index is -1.78. The van der Waals surface area contributed by atoms with Crippen LogP contribution in [0, 0.1) is 0 Å². The Balaban J connectivity index is 1.35. The van der Waals surface area contributed by atoms with Gasteiger partial charge < -0.3 is 15.5 Å². The number of hydrogen-bond donors (Lipinski definition) is 4. The van der Waals surface area contributed by atoms with E-state index in [1.54, 1.807) is 28.9 Å². The van der Waals surface area contributed by atoms with E-state index in [9.17, 15) is 24.6 Å². The molecule has 2 heterocycles. The Morgan fingerprint density at radius 1 is 0.977 bits per heavy atom. The summed E-state index contributed by atoms with van der Waals surface area (Å²) in [5, 5.41) is 36.7. The summed E-state index contributed by atoms with van der Waals surface area (Å²) in [6.45, 7) is 2.43. The molecule has 1 amide bonds. The normalized spacial score (nSPS) is 12.5. The molecule has 0 unspecified atom stereocenters. The number of aliphatic carboxylic acids is 1. The van der Waals surface area contributed by atoms with Crippen molar-refractivity contribution >= 4 is 11.9 Å². The number of hydrogen-bond acceptors (Lipinski definition) is 7. The van der Waals surface area contributed by atoms with Crippen LogP contribution in [0.1, 0.15) is 40.7 Å².